The highest BCUT2D eigenvalue weighted by Gasteiger charge is 2.20. The van der Waals surface area contributed by atoms with E-state index in [1.807, 2.05) is 32.0 Å². The van der Waals surface area contributed by atoms with Crippen molar-refractivity contribution in [2.45, 2.75) is 25.3 Å². The first-order chi connectivity index (χ1) is 12.5. The second-order valence-electron chi connectivity index (χ2n) is 5.53. The summed E-state index contributed by atoms with van der Waals surface area (Å²) in [7, 11) is -3.47. The molecule has 0 atom stereocenters. The van der Waals surface area contributed by atoms with Crippen molar-refractivity contribution < 1.29 is 13.2 Å². The van der Waals surface area contributed by atoms with Crippen LogP contribution in [0.3, 0.4) is 0 Å². The summed E-state index contributed by atoms with van der Waals surface area (Å²) in [5.41, 5.74) is 1.52. The zero-order chi connectivity index (χ0) is 19.0. The Kier molecular flexibility index (Phi) is 7.06. The third kappa shape index (κ3) is 5.24. The van der Waals surface area contributed by atoms with Crippen molar-refractivity contribution in [2.24, 2.45) is 0 Å². The summed E-state index contributed by atoms with van der Waals surface area (Å²) in [6.45, 7) is 4.82. The lowest BCUT2D eigenvalue weighted by molar-refractivity contribution is -0.116. The van der Waals surface area contributed by atoms with E-state index < -0.39 is 10.0 Å². The van der Waals surface area contributed by atoms with Gasteiger partial charge in [0.2, 0.25) is 15.9 Å². The largest absolute Gasteiger partial charge is 0.347 e. The van der Waals surface area contributed by atoms with Gasteiger partial charge in [0, 0.05) is 25.4 Å². The van der Waals surface area contributed by atoms with Crippen molar-refractivity contribution in [1.29, 1.82) is 0 Å². The minimum Gasteiger partial charge on any atom is -0.347 e. The van der Waals surface area contributed by atoms with Crippen molar-refractivity contribution in [3.63, 3.8) is 0 Å². The van der Waals surface area contributed by atoms with Gasteiger partial charge in [0.05, 0.1) is 17.1 Å². The Balaban J connectivity index is 1.98. The number of aromatic nitrogens is 1. The number of sulfonamides is 1. The van der Waals surface area contributed by atoms with Crippen LogP contribution in [0.4, 0.5) is 0 Å². The summed E-state index contributed by atoms with van der Waals surface area (Å²) in [5, 5.41) is 2.74. The number of hydrogen-bond donors (Lipinski definition) is 1. The van der Waals surface area contributed by atoms with Crippen molar-refractivity contribution in [2.75, 3.05) is 13.1 Å². The molecule has 138 valence electrons. The van der Waals surface area contributed by atoms with E-state index in [1.165, 1.54) is 10.4 Å². The lowest BCUT2D eigenvalue weighted by Crippen LogP contribution is -2.30. The molecule has 0 spiro atoms. The number of amides is 1. The highest BCUT2D eigenvalue weighted by Crippen LogP contribution is 2.16. The van der Waals surface area contributed by atoms with Crippen LogP contribution in [-0.2, 0) is 21.4 Å². The normalized spacial score (nSPS) is 11.8. The third-order valence-electron chi connectivity index (χ3n) is 3.82. The Hall–Kier alpha value is -2.51. The van der Waals surface area contributed by atoms with Crippen LogP contribution in [0.5, 0.6) is 0 Å². The molecule has 0 aliphatic rings. The van der Waals surface area contributed by atoms with Gasteiger partial charge in [0.1, 0.15) is 0 Å². The van der Waals surface area contributed by atoms with E-state index in [0.717, 1.165) is 11.3 Å². The first-order valence-corrected chi connectivity index (χ1v) is 9.87. The van der Waals surface area contributed by atoms with Gasteiger partial charge in [-0.2, -0.15) is 4.31 Å². The molecule has 2 rings (SSSR count). The Morgan fingerprint density at radius 2 is 1.81 bits per heavy atom. The highest BCUT2D eigenvalue weighted by atomic mass is 32.2. The zero-order valence-electron chi connectivity index (χ0n) is 14.9. The lowest BCUT2D eigenvalue weighted by Gasteiger charge is -2.18. The molecule has 0 aliphatic carbocycles. The maximum atomic E-state index is 12.4. The van der Waals surface area contributed by atoms with Crippen LogP contribution in [0.2, 0.25) is 0 Å². The van der Waals surface area contributed by atoms with Crippen LogP contribution in [-0.4, -0.2) is 36.7 Å². The maximum absolute atomic E-state index is 12.4. The first-order valence-electron chi connectivity index (χ1n) is 8.43. The summed E-state index contributed by atoms with van der Waals surface area (Å²) < 4.78 is 26.3. The minimum absolute atomic E-state index is 0.240. The number of nitrogens with one attached hydrogen (secondary N) is 1. The SMILES string of the molecule is CCN(CC)S(=O)(=O)c1ccc(/C=C/C(=O)NCc2ccccn2)cc1. The fourth-order valence-corrected chi connectivity index (χ4v) is 3.83. The van der Waals surface area contributed by atoms with Gasteiger partial charge in [-0.05, 0) is 35.9 Å². The zero-order valence-corrected chi connectivity index (χ0v) is 15.7. The van der Waals surface area contributed by atoms with Crippen LogP contribution in [0.1, 0.15) is 25.1 Å². The molecule has 2 aromatic rings. The van der Waals surface area contributed by atoms with Crippen molar-refractivity contribution >= 4 is 22.0 Å². The van der Waals surface area contributed by atoms with Gasteiger partial charge in [-0.15, -0.1) is 0 Å². The molecule has 26 heavy (non-hydrogen) atoms. The molecule has 0 fully saturated rings. The van der Waals surface area contributed by atoms with Crippen molar-refractivity contribution in [1.82, 2.24) is 14.6 Å². The van der Waals surface area contributed by atoms with Gasteiger partial charge >= 0.3 is 0 Å². The number of benzene rings is 1. The molecule has 0 unspecified atom stereocenters. The number of carbonyl (C=O) groups is 1. The van der Waals surface area contributed by atoms with Crippen LogP contribution in [0, 0.1) is 0 Å². The van der Waals surface area contributed by atoms with Crippen LogP contribution in [0.15, 0.2) is 59.6 Å². The Labute approximate surface area is 154 Å². The molecule has 1 aromatic heterocycles. The van der Waals surface area contributed by atoms with E-state index in [0.29, 0.717) is 19.6 Å². The van der Waals surface area contributed by atoms with Gasteiger partial charge in [-0.1, -0.05) is 32.0 Å². The molecule has 0 aliphatic heterocycles. The minimum atomic E-state index is -3.47. The quantitative estimate of drug-likeness (QED) is 0.721. The second-order valence-corrected chi connectivity index (χ2v) is 7.47. The van der Waals surface area contributed by atoms with E-state index in [2.05, 4.69) is 10.3 Å². The molecule has 1 amide bonds. The predicted molar refractivity (Wildman–Crippen MR) is 102 cm³/mol. The van der Waals surface area contributed by atoms with E-state index in [9.17, 15) is 13.2 Å². The van der Waals surface area contributed by atoms with Gasteiger partial charge in [0.15, 0.2) is 0 Å². The van der Waals surface area contributed by atoms with Crippen LogP contribution >= 0.6 is 0 Å². The molecule has 1 N–H and O–H groups in total. The third-order valence-corrected chi connectivity index (χ3v) is 5.88. The smallest absolute Gasteiger partial charge is 0.244 e. The summed E-state index contributed by atoms with van der Waals surface area (Å²) in [6, 6.07) is 12.0. The molecule has 0 saturated heterocycles. The lowest BCUT2D eigenvalue weighted by atomic mass is 10.2. The van der Waals surface area contributed by atoms with E-state index in [-0.39, 0.29) is 10.8 Å². The standard InChI is InChI=1S/C19H23N3O3S/c1-3-22(4-2)26(24,25)18-11-8-16(9-12-18)10-13-19(23)21-15-17-7-5-6-14-20-17/h5-14H,3-4,15H2,1-2H3,(H,21,23)/b13-10+. The molecular weight excluding hydrogens is 350 g/mol. The van der Waals surface area contributed by atoms with Gasteiger partial charge in [-0.25, -0.2) is 8.42 Å². The number of pyridine rings is 1. The summed E-state index contributed by atoms with van der Waals surface area (Å²) in [5.74, 6) is -0.240. The first kappa shape index (κ1) is 19.8. The Bertz CT molecular complexity index is 843. The van der Waals surface area contributed by atoms with Crippen LogP contribution < -0.4 is 5.32 Å². The molecule has 0 bridgehead atoms. The molecule has 0 saturated carbocycles. The fourth-order valence-electron chi connectivity index (χ4n) is 2.37. The van der Waals surface area contributed by atoms with Crippen LogP contribution in [0.25, 0.3) is 6.08 Å². The Morgan fingerprint density at radius 1 is 1.12 bits per heavy atom. The summed E-state index contributed by atoms with van der Waals surface area (Å²) >= 11 is 0. The van der Waals surface area contributed by atoms with Gasteiger partial charge in [0.25, 0.3) is 0 Å². The highest BCUT2D eigenvalue weighted by molar-refractivity contribution is 7.89. The second kappa shape index (κ2) is 9.26. The number of carbonyl (C=O) groups excluding carboxylic acids is 1. The van der Waals surface area contributed by atoms with E-state index in [1.54, 1.807) is 36.5 Å². The molecule has 0 radical (unpaired) electrons. The number of hydrogen-bond acceptors (Lipinski definition) is 4. The molecule has 7 heteroatoms. The topological polar surface area (TPSA) is 79.4 Å². The van der Waals surface area contributed by atoms with E-state index >= 15 is 0 Å². The summed E-state index contributed by atoms with van der Waals surface area (Å²) in [4.78, 5) is 16.2. The fraction of sp³-hybridized carbons (Fsp3) is 0.263. The van der Waals surface area contributed by atoms with Gasteiger partial charge < -0.3 is 5.32 Å². The Morgan fingerprint density at radius 3 is 2.38 bits per heavy atom. The molecular formula is C19H23N3O3S. The molecule has 1 aromatic carbocycles. The number of nitrogens with zero attached hydrogens (tertiary/aromatic N) is 2. The predicted octanol–water partition coefficient (Wildman–Crippen LogP) is 2.44. The molecule has 1 heterocycles. The average Bonchev–Trinajstić information content (AvgIpc) is 2.66. The maximum Gasteiger partial charge on any atom is 0.244 e. The van der Waals surface area contributed by atoms with Gasteiger partial charge in [-0.3, -0.25) is 9.78 Å². The van der Waals surface area contributed by atoms with Crippen molar-refractivity contribution in [3.05, 3.63) is 66.0 Å². The molecule has 6 nitrogen and oxygen atoms in total. The monoisotopic (exact) mass is 373 g/mol. The summed E-state index contributed by atoms with van der Waals surface area (Å²) in [6.07, 6.45) is 4.73. The van der Waals surface area contributed by atoms with E-state index in [4.69, 9.17) is 0 Å². The average molecular weight is 373 g/mol. The number of rotatable bonds is 8. The van der Waals surface area contributed by atoms with Crippen molar-refractivity contribution in [3.8, 4) is 0 Å².